The van der Waals surface area contributed by atoms with Crippen molar-refractivity contribution in [2.75, 3.05) is 0 Å². The number of aromatic nitrogens is 1. The van der Waals surface area contributed by atoms with E-state index in [1.54, 1.807) is 10.6 Å². The van der Waals surface area contributed by atoms with Crippen LogP contribution in [0.4, 0.5) is 0 Å². The van der Waals surface area contributed by atoms with Crippen molar-refractivity contribution in [2.45, 2.75) is 34.2 Å². The van der Waals surface area contributed by atoms with Crippen LogP contribution in [0.3, 0.4) is 0 Å². The number of halogens is 1. The number of aryl methyl sites for hydroxylation is 2. The van der Waals surface area contributed by atoms with Crippen LogP contribution in [0.1, 0.15) is 40.9 Å². The summed E-state index contributed by atoms with van der Waals surface area (Å²) in [4.78, 5) is 11.4. The molecule has 0 aliphatic heterocycles. The fourth-order valence-electron chi connectivity index (χ4n) is 2.10. The van der Waals surface area contributed by atoms with Crippen LogP contribution in [-0.2, 0) is 6.54 Å². The number of rotatable bonds is 3. The zero-order chi connectivity index (χ0) is 16.9. The van der Waals surface area contributed by atoms with E-state index in [9.17, 15) is 4.79 Å². The average molecular weight is 320 g/mol. The van der Waals surface area contributed by atoms with Gasteiger partial charge >= 0.3 is 0 Å². The maximum atomic E-state index is 11.4. The summed E-state index contributed by atoms with van der Waals surface area (Å²) in [6, 6.07) is 7.27. The largest absolute Gasteiger partial charge is 0.365 e. The van der Waals surface area contributed by atoms with Crippen LogP contribution in [-0.4, -0.2) is 10.5 Å². The Morgan fingerprint density at radius 3 is 2.50 bits per heavy atom. The highest BCUT2D eigenvalue weighted by atomic mass is 35.5. The van der Waals surface area contributed by atoms with Gasteiger partial charge in [-0.2, -0.15) is 0 Å². The molecule has 1 aromatic heterocycles. The molecule has 22 heavy (non-hydrogen) atoms. The fraction of sp³-hybridized carbons (Fsp3) is 0.294. The van der Waals surface area contributed by atoms with Gasteiger partial charge in [0.2, 0.25) is 0 Å². The standard InChI is InChI=1S/C15H16ClN3O.C2H6/c1-9-5-13(15(18)20)14(17)19(7-9)8-11-6-12(16)4-3-10(11)2;1-2/h3-7,17H,8H2,1-2H3,(H2,18,20);1-2H3. The minimum atomic E-state index is -0.588. The van der Waals surface area contributed by atoms with Crippen LogP contribution in [0.25, 0.3) is 0 Å². The summed E-state index contributed by atoms with van der Waals surface area (Å²) in [5.74, 6) is -0.588. The lowest BCUT2D eigenvalue weighted by Gasteiger charge is -2.13. The molecule has 118 valence electrons. The van der Waals surface area contributed by atoms with Crippen molar-refractivity contribution in [3.05, 3.63) is 63.2 Å². The summed E-state index contributed by atoms with van der Waals surface area (Å²) in [5.41, 5.74) is 8.63. The number of carbonyl (C=O) groups is 1. The van der Waals surface area contributed by atoms with Crippen molar-refractivity contribution in [3.63, 3.8) is 0 Å². The zero-order valence-electron chi connectivity index (χ0n) is 13.4. The van der Waals surface area contributed by atoms with E-state index in [2.05, 4.69) is 0 Å². The molecule has 2 rings (SSSR count). The second-order valence-corrected chi connectivity index (χ2v) is 5.28. The molecule has 0 radical (unpaired) electrons. The number of pyridine rings is 1. The molecule has 0 spiro atoms. The minimum absolute atomic E-state index is 0.113. The monoisotopic (exact) mass is 319 g/mol. The minimum Gasteiger partial charge on any atom is -0.365 e. The number of hydrogen-bond acceptors (Lipinski definition) is 2. The Morgan fingerprint density at radius 1 is 1.27 bits per heavy atom. The molecule has 0 fully saturated rings. The summed E-state index contributed by atoms with van der Waals surface area (Å²) in [7, 11) is 0. The molecule has 0 saturated carbocycles. The molecule has 0 atom stereocenters. The molecule has 1 amide bonds. The van der Waals surface area contributed by atoms with Crippen molar-refractivity contribution < 1.29 is 4.79 Å². The number of nitrogens with zero attached hydrogens (tertiary/aromatic N) is 1. The Labute approximate surface area is 136 Å². The lowest BCUT2D eigenvalue weighted by molar-refractivity contribution is 0.0997. The van der Waals surface area contributed by atoms with Gasteiger partial charge in [-0.25, -0.2) is 0 Å². The molecule has 0 aliphatic rings. The summed E-state index contributed by atoms with van der Waals surface area (Å²) >= 11 is 6.01. The van der Waals surface area contributed by atoms with Gasteiger partial charge in [0.15, 0.2) is 0 Å². The van der Waals surface area contributed by atoms with Crippen molar-refractivity contribution in [2.24, 2.45) is 5.73 Å². The lowest BCUT2D eigenvalue weighted by atomic mass is 10.1. The Hall–Kier alpha value is -2.07. The predicted octanol–water partition coefficient (Wildman–Crippen LogP) is 3.41. The van der Waals surface area contributed by atoms with Gasteiger partial charge < -0.3 is 10.3 Å². The molecule has 1 aromatic carbocycles. The van der Waals surface area contributed by atoms with Gasteiger partial charge in [0, 0.05) is 17.8 Å². The Kier molecular flexibility index (Phi) is 6.38. The van der Waals surface area contributed by atoms with Gasteiger partial charge in [0.25, 0.3) is 5.91 Å². The molecule has 2 aromatic rings. The molecule has 5 heteroatoms. The SMILES string of the molecule is CC.Cc1cc(C(N)=O)c(=N)n(Cc2cc(Cl)ccc2C)c1. The first-order valence-corrected chi connectivity index (χ1v) is 7.57. The van der Waals surface area contributed by atoms with E-state index >= 15 is 0 Å². The molecule has 0 bridgehead atoms. The number of benzene rings is 1. The van der Waals surface area contributed by atoms with Crippen molar-refractivity contribution in [1.82, 2.24) is 4.57 Å². The first-order valence-electron chi connectivity index (χ1n) is 7.19. The van der Waals surface area contributed by atoms with E-state index in [0.29, 0.717) is 11.6 Å². The highest BCUT2D eigenvalue weighted by molar-refractivity contribution is 6.30. The molecular weight excluding hydrogens is 298 g/mol. The van der Waals surface area contributed by atoms with Crippen LogP contribution in [0.2, 0.25) is 5.02 Å². The number of primary amides is 1. The fourth-order valence-corrected chi connectivity index (χ4v) is 2.30. The highest BCUT2D eigenvalue weighted by Crippen LogP contribution is 2.16. The third-order valence-corrected chi connectivity index (χ3v) is 3.43. The number of amides is 1. The lowest BCUT2D eigenvalue weighted by Crippen LogP contribution is -2.30. The maximum Gasteiger partial charge on any atom is 0.252 e. The molecule has 3 N–H and O–H groups in total. The van der Waals surface area contributed by atoms with Gasteiger partial charge in [-0.15, -0.1) is 0 Å². The molecular formula is C17H22ClN3O. The van der Waals surface area contributed by atoms with Gasteiger partial charge in [-0.1, -0.05) is 31.5 Å². The summed E-state index contributed by atoms with van der Waals surface area (Å²) in [6.07, 6.45) is 1.83. The first kappa shape index (κ1) is 18.0. The molecule has 0 unspecified atom stereocenters. The van der Waals surface area contributed by atoms with Crippen LogP contribution >= 0.6 is 11.6 Å². The summed E-state index contributed by atoms with van der Waals surface area (Å²) in [6.45, 7) is 8.33. The molecule has 0 saturated heterocycles. The Balaban J connectivity index is 0.00000116. The number of carbonyl (C=O) groups excluding carboxylic acids is 1. The van der Waals surface area contributed by atoms with E-state index in [0.717, 1.165) is 16.7 Å². The van der Waals surface area contributed by atoms with E-state index in [1.807, 2.05) is 52.1 Å². The molecule has 4 nitrogen and oxygen atoms in total. The Bertz CT molecular complexity index is 735. The van der Waals surface area contributed by atoms with Crippen molar-refractivity contribution in [1.29, 1.82) is 5.41 Å². The maximum absolute atomic E-state index is 11.4. The van der Waals surface area contributed by atoms with Crippen LogP contribution in [0.15, 0.2) is 30.5 Å². The highest BCUT2D eigenvalue weighted by Gasteiger charge is 2.09. The first-order chi connectivity index (χ1) is 10.4. The topological polar surface area (TPSA) is 71.9 Å². The van der Waals surface area contributed by atoms with E-state index in [-0.39, 0.29) is 11.1 Å². The number of nitrogens with one attached hydrogen (secondary N) is 1. The normalized spacial score (nSPS) is 9.86. The molecule has 0 aliphatic carbocycles. The van der Waals surface area contributed by atoms with Gasteiger partial charge in [-0.3, -0.25) is 10.2 Å². The van der Waals surface area contributed by atoms with Crippen molar-refractivity contribution in [3.8, 4) is 0 Å². The predicted molar refractivity (Wildman–Crippen MR) is 90.2 cm³/mol. The average Bonchev–Trinajstić information content (AvgIpc) is 2.48. The van der Waals surface area contributed by atoms with E-state index in [4.69, 9.17) is 22.7 Å². The zero-order valence-corrected chi connectivity index (χ0v) is 14.2. The number of nitrogens with two attached hydrogens (primary N) is 1. The smallest absolute Gasteiger partial charge is 0.252 e. The second kappa shape index (κ2) is 7.80. The van der Waals surface area contributed by atoms with Crippen molar-refractivity contribution >= 4 is 17.5 Å². The Morgan fingerprint density at radius 2 is 1.91 bits per heavy atom. The number of hydrogen-bond donors (Lipinski definition) is 2. The third-order valence-electron chi connectivity index (χ3n) is 3.19. The summed E-state index contributed by atoms with van der Waals surface area (Å²) < 4.78 is 1.70. The van der Waals surface area contributed by atoms with Gasteiger partial charge in [-0.05, 0) is 48.7 Å². The third kappa shape index (κ3) is 4.21. The van der Waals surface area contributed by atoms with Gasteiger partial charge in [0.1, 0.15) is 5.49 Å². The van der Waals surface area contributed by atoms with E-state index in [1.165, 1.54) is 0 Å². The quantitative estimate of drug-likeness (QED) is 0.894. The summed E-state index contributed by atoms with van der Waals surface area (Å²) in [5, 5.41) is 8.73. The van der Waals surface area contributed by atoms with E-state index < -0.39 is 5.91 Å². The van der Waals surface area contributed by atoms with Crippen LogP contribution < -0.4 is 11.2 Å². The van der Waals surface area contributed by atoms with Crippen LogP contribution in [0.5, 0.6) is 0 Å². The second-order valence-electron chi connectivity index (χ2n) is 4.84. The van der Waals surface area contributed by atoms with Gasteiger partial charge in [0.05, 0.1) is 5.56 Å². The molecule has 1 heterocycles. The van der Waals surface area contributed by atoms with Crippen LogP contribution in [0, 0.1) is 19.3 Å².